The van der Waals surface area contributed by atoms with Gasteiger partial charge in [-0.15, -0.1) is 0 Å². The van der Waals surface area contributed by atoms with Gasteiger partial charge in [-0.2, -0.15) is 0 Å². The predicted molar refractivity (Wildman–Crippen MR) is 63.1 cm³/mol. The number of aliphatic hydroxyl groups is 1. The highest BCUT2D eigenvalue weighted by Crippen LogP contribution is 2.07. The van der Waals surface area contributed by atoms with Gasteiger partial charge in [-0.25, -0.2) is 23.1 Å². The lowest BCUT2D eigenvalue weighted by molar-refractivity contribution is 0.167. The van der Waals surface area contributed by atoms with Crippen LogP contribution in [0.15, 0.2) is 17.3 Å². The first-order valence-corrected chi connectivity index (χ1v) is 6.97. The zero-order valence-electron chi connectivity index (χ0n) is 9.30. The van der Waals surface area contributed by atoms with Crippen molar-refractivity contribution in [3.8, 4) is 0 Å². The van der Waals surface area contributed by atoms with Crippen molar-refractivity contribution in [1.82, 2.24) is 14.7 Å². The molecule has 1 aromatic heterocycles. The van der Waals surface area contributed by atoms with Gasteiger partial charge in [0.15, 0.2) is 0 Å². The van der Waals surface area contributed by atoms with Gasteiger partial charge in [0.2, 0.25) is 15.3 Å². The van der Waals surface area contributed by atoms with E-state index in [1.54, 1.807) is 0 Å². The van der Waals surface area contributed by atoms with Crippen molar-refractivity contribution in [2.45, 2.75) is 30.8 Å². The Morgan fingerprint density at radius 2 is 2.06 bits per heavy atom. The van der Waals surface area contributed by atoms with Crippen LogP contribution in [0.2, 0.25) is 5.28 Å². The third-order valence-electron chi connectivity index (χ3n) is 2.04. The fourth-order valence-electron chi connectivity index (χ4n) is 1.16. The molecule has 17 heavy (non-hydrogen) atoms. The molecule has 8 heteroatoms. The second kappa shape index (κ2) is 6.25. The molecule has 0 bridgehead atoms. The van der Waals surface area contributed by atoms with Crippen LogP contribution >= 0.6 is 11.6 Å². The molecule has 0 fully saturated rings. The van der Waals surface area contributed by atoms with E-state index in [9.17, 15) is 13.5 Å². The molecule has 0 aliphatic heterocycles. The largest absolute Gasteiger partial charge is 0.392 e. The number of rotatable bonds is 6. The molecule has 1 unspecified atom stereocenters. The van der Waals surface area contributed by atoms with Gasteiger partial charge >= 0.3 is 0 Å². The highest BCUT2D eigenvalue weighted by atomic mass is 35.5. The minimum absolute atomic E-state index is 0.0185. The monoisotopic (exact) mass is 279 g/mol. The molecule has 0 amide bonds. The highest BCUT2D eigenvalue weighted by Gasteiger charge is 2.16. The summed E-state index contributed by atoms with van der Waals surface area (Å²) < 4.78 is 25.7. The maximum absolute atomic E-state index is 11.7. The molecule has 1 atom stereocenters. The highest BCUT2D eigenvalue weighted by molar-refractivity contribution is 7.89. The van der Waals surface area contributed by atoms with Gasteiger partial charge in [0.25, 0.3) is 0 Å². The second-order valence-corrected chi connectivity index (χ2v) is 5.59. The van der Waals surface area contributed by atoms with Crippen LogP contribution in [0.3, 0.4) is 0 Å². The lowest BCUT2D eigenvalue weighted by atomic mass is 10.2. The van der Waals surface area contributed by atoms with Crippen molar-refractivity contribution in [3.05, 3.63) is 17.7 Å². The lowest BCUT2D eigenvalue weighted by Crippen LogP contribution is -2.32. The van der Waals surface area contributed by atoms with Crippen molar-refractivity contribution in [1.29, 1.82) is 0 Å². The molecule has 0 spiro atoms. The molecule has 6 nitrogen and oxygen atoms in total. The summed E-state index contributed by atoms with van der Waals surface area (Å²) in [5, 5.41) is 9.41. The first-order chi connectivity index (χ1) is 7.95. The average Bonchev–Trinajstić information content (AvgIpc) is 2.28. The summed E-state index contributed by atoms with van der Waals surface area (Å²) >= 11 is 5.45. The number of nitrogens with one attached hydrogen (secondary N) is 1. The van der Waals surface area contributed by atoms with E-state index < -0.39 is 16.1 Å². The standard InChI is InChI=1S/C9H14ClN3O3S/c1-2-3-7(14)4-13-17(15,16)8-5-11-9(10)12-6-8/h5-7,13-14H,2-4H2,1H3. The van der Waals surface area contributed by atoms with E-state index in [1.165, 1.54) is 0 Å². The van der Waals surface area contributed by atoms with Crippen LogP contribution in [0.5, 0.6) is 0 Å². The number of aliphatic hydroxyl groups excluding tert-OH is 1. The first-order valence-electron chi connectivity index (χ1n) is 5.11. The maximum Gasteiger partial charge on any atom is 0.243 e. The fraction of sp³-hybridized carbons (Fsp3) is 0.556. The molecule has 0 saturated carbocycles. The van der Waals surface area contributed by atoms with E-state index >= 15 is 0 Å². The molecular weight excluding hydrogens is 266 g/mol. The normalized spacial score (nSPS) is 13.6. The van der Waals surface area contributed by atoms with Crippen LogP contribution < -0.4 is 4.72 Å². The Bertz CT molecular complexity index is 449. The molecule has 0 radical (unpaired) electrons. The van der Waals surface area contributed by atoms with Gasteiger partial charge in [-0.3, -0.25) is 0 Å². The van der Waals surface area contributed by atoms with Gasteiger partial charge in [0, 0.05) is 6.54 Å². The number of hydrogen-bond donors (Lipinski definition) is 2. The van der Waals surface area contributed by atoms with E-state index in [0.717, 1.165) is 18.8 Å². The van der Waals surface area contributed by atoms with Crippen LogP contribution in [0.25, 0.3) is 0 Å². The maximum atomic E-state index is 11.7. The summed E-state index contributed by atoms with van der Waals surface area (Å²) in [5.41, 5.74) is 0. The lowest BCUT2D eigenvalue weighted by Gasteiger charge is -2.10. The Hall–Kier alpha value is -0.760. The zero-order valence-corrected chi connectivity index (χ0v) is 10.9. The third-order valence-corrected chi connectivity index (χ3v) is 3.61. The van der Waals surface area contributed by atoms with Gasteiger partial charge < -0.3 is 5.11 Å². The number of nitrogens with zero attached hydrogens (tertiary/aromatic N) is 2. The Morgan fingerprint density at radius 3 is 2.59 bits per heavy atom. The number of aromatic nitrogens is 2. The molecule has 0 aromatic carbocycles. The molecule has 1 aromatic rings. The summed E-state index contributed by atoms with van der Waals surface area (Å²) in [5.74, 6) is 0. The Labute approximate surface area is 105 Å². The van der Waals surface area contributed by atoms with Gasteiger partial charge in [0.05, 0.1) is 18.5 Å². The van der Waals surface area contributed by atoms with Crippen molar-refractivity contribution in [2.75, 3.05) is 6.54 Å². The van der Waals surface area contributed by atoms with Crippen molar-refractivity contribution >= 4 is 21.6 Å². The topological polar surface area (TPSA) is 92.2 Å². The summed E-state index contributed by atoms with van der Waals surface area (Å²) in [6.07, 6.45) is 2.86. The second-order valence-electron chi connectivity index (χ2n) is 3.48. The Morgan fingerprint density at radius 1 is 1.47 bits per heavy atom. The summed E-state index contributed by atoms with van der Waals surface area (Å²) in [6.45, 7) is 1.88. The Kier molecular flexibility index (Phi) is 5.26. The molecule has 96 valence electrons. The van der Waals surface area contributed by atoms with Crippen LogP contribution in [-0.2, 0) is 10.0 Å². The van der Waals surface area contributed by atoms with Crippen molar-refractivity contribution in [3.63, 3.8) is 0 Å². The van der Waals surface area contributed by atoms with Gasteiger partial charge in [-0.05, 0) is 18.0 Å². The van der Waals surface area contributed by atoms with Crippen molar-refractivity contribution in [2.24, 2.45) is 0 Å². The molecule has 0 saturated heterocycles. The SMILES string of the molecule is CCCC(O)CNS(=O)(=O)c1cnc(Cl)nc1. The molecular formula is C9H14ClN3O3S. The van der Waals surface area contributed by atoms with Gasteiger partial charge in [0.1, 0.15) is 4.90 Å². The predicted octanol–water partition coefficient (Wildman–Crippen LogP) is 0.569. The van der Waals surface area contributed by atoms with E-state index in [1.807, 2.05) is 6.92 Å². The summed E-state index contributed by atoms with van der Waals surface area (Å²) in [7, 11) is -3.68. The van der Waals surface area contributed by atoms with Crippen molar-refractivity contribution < 1.29 is 13.5 Å². The third kappa shape index (κ3) is 4.55. The zero-order chi connectivity index (χ0) is 12.9. The number of halogens is 1. The minimum atomic E-state index is -3.68. The molecule has 1 rings (SSSR count). The summed E-state index contributed by atoms with van der Waals surface area (Å²) in [6, 6.07) is 0. The number of hydrogen-bond acceptors (Lipinski definition) is 5. The van der Waals surface area contributed by atoms with Crippen LogP contribution in [0, 0.1) is 0 Å². The molecule has 1 heterocycles. The molecule has 2 N–H and O–H groups in total. The van der Waals surface area contributed by atoms with Crippen LogP contribution in [-0.4, -0.2) is 36.1 Å². The van der Waals surface area contributed by atoms with E-state index in [-0.39, 0.29) is 16.7 Å². The Balaban J connectivity index is 2.66. The number of sulfonamides is 1. The smallest absolute Gasteiger partial charge is 0.243 e. The first kappa shape index (κ1) is 14.3. The average molecular weight is 280 g/mol. The summed E-state index contributed by atoms with van der Waals surface area (Å²) in [4.78, 5) is 7.08. The van der Waals surface area contributed by atoms with Gasteiger partial charge in [-0.1, -0.05) is 13.3 Å². The minimum Gasteiger partial charge on any atom is -0.392 e. The molecule has 0 aliphatic rings. The molecule has 0 aliphatic carbocycles. The van der Waals surface area contributed by atoms with E-state index in [4.69, 9.17) is 11.6 Å². The van der Waals surface area contributed by atoms with Crippen LogP contribution in [0.1, 0.15) is 19.8 Å². The quantitative estimate of drug-likeness (QED) is 0.743. The fourth-order valence-corrected chi connectivity index (χ4v) is 2.22. The van der Waals surface area contributed by atoms with Crippen LogP contribution in [0.4, 0.5) is 0 Å². The van der Waals surface area contributed by atoms with E-state index in [2.05, 4.69) is 14.7 Å². The van der Waals surface area contributed by atoms with E-state index in [0.29, 0.717) is 6.42 Å².